The number of anilines is 1. The van der Waals surface area contributed by atoms with Crippen LogP contribution in [0.15, 0.2) is 64.8 Å². The lowest BCUT2D eigenvalue weighted by Gasteiger charge is -2.12. The van der Waals surface area contributed by atoms with E-state index < -0.39 is 17.4 Å². The molecule has 4 aromatic rings. The number of amides is 2. The molecule has 32 heavy (non-hydrogen) atoms. The van der Waals surface area contributed by atoms with E-state index in [0.717, 1.165) is 33.6 Å². The highest BCUT2D eigenvalue weighted by molar-refractivity contribution is 7.13. The molecule has 3 heterocycles. The van der Waals surface area contributed by atoms with Gasteiger partial charge in [-0.3, -0.25) is 24.3 Å². The minimum absolute atomic E-state index is 0.00670. The maximum atomic E-state index is 12.7. The Morgan fingerprint density at radius 2 is 1.78 bits per heavy atom. The van der Waals surface area contributed by atoms with Crippen LogP contribution in [0.25, 0.3) is 27.5 Å². The first kappa shape index (κ1) is 19.7. The third kappa shape index (κ3) is 3.15. The van der Waals surface area contributed by atoms with E-state index in [1.165, 1.54) is 15.9 Å². The van der Waals surface area contributed by atoms with Crippen molar-refractivity contribution in [2.75, 3.05) is 12.8 Å². The van der Waals surface area contributed by atoms with Gasteiger partial charge in [0.25, 0.3) is 17.4 Å². The van der Waals surface area contributed by atoms with Crippen LogP contribution < -0.4 is 21.3 Å². The van der Waals surface area contributed by atoms with Gasteiger partial charge in [-0.1, -0.05) is 24.3 Å². The Bertz CT molecular complexity index is 1470. The summed E-state index contributed by atoms with van der Waals surface area (Å²) in [4.78, 5) is 41.4. The smallest absolute Gasteiger partial charge is 0.262 e. The second-order valence-electron chi connectivity index (χ2n) is 7.10. The highest BCUT2D eigenvalue weighted by Gasteiger charge is 2.31. The molecule has 0 atom stereocenters. The number of rotatable bonds is 4. The Kier molecular flexibility index (Phi) is 4.60. The van der Waals surface area contributed by atoms with E-state index in [0.29, 0.717) is 5.69 Å². The second kappa shape index (κ2) is 7.47. The topological polar surface area (TPSA) is 116 Å². The number of imide groups is 1. The number of aromatic nitrogens is 2. The summed E-state index contributed by atoms with van der Waals surface area (Å²) in [6, 6.07) is 15.9. The fourth-order valence-electron chi connectivity index (χ4n) is 3.65. The number of nitrogens with two attached hydrogens (primary N) is 1. The molecular formula is C23H16N4O4S. The van der Waals surface area contributed by atoms with Crippen molar-refractivity contribution in [3.05, 3.63) is 81.5 Å². The number of carbonyl (C=O) groups excluding carboxylic acids is 2. The highest BCUT2D eigenvalue weighted by Crippen LogP contribution is 2.32. The van der Waals surface area contributed by atoms with Gasteiger partial charge in [0.1, 0.15) is 16.6 Å². The second-order valence-corrected chi connectivity index (χ2v) is 7.95. The first-order valence-corrected chi connectivity index (χ1v) is 10.5. The van der Waals surface area contributed by atoms with E-state index in [1.54, 1.807) is 25.3 Å². The molecule has 158 valence electrons. The fraction of sp³-hybridized carbons (Fsp3) is 0.0435. The molecule has 0 unspecified atom stereocenters. The number of hydrogen-bond donors (Lipinski definition) is 2. The van der Waals surface area contributed by atoms with Crippen LogP contribution in [0.3, 0.4) is 0 Å². The molecule has 0 saturated carbocycles. The third-order valence-electron chi connectivity index (χ3n) is 5.17. The first-order chi connectivity index (χ1) is 15.5. The van der Waals surface area contributed by atoms with Crippen LogP contribution in [0.4, 0.5) is 5.82 Å². The number of methoxy groups -OCH3 is 1. The summed E-state index contributed by atoms with van der Waals surface area (Å²) in [6.45, 7) is 0. The van der Waals surface area contributed by atoms with Crippen molar-refractivity contribution >= 4 is 29.0 Å². The van der Waals surface area contributed by atoms with Crippen LogP contribution in [0.5, 0.6) is 5.75 Å². The number of fused-ring (bicyclic) bond motifs is 1. The number of pyridine rings is 1. The average Bonchev–Trinajstić information content (AvgIpc) is 3.39. The predicted molar refractivity (Wildman–Crippen MR) is 121 cm³/mol. The minimum Gasteiger partial charge on any atom is -0.497 e. The van der Waals surface area contributed by atoms with E-state index in [1.807, 2.05) is 35.7 Å². The van der Waals surface area contributed by atoms with Crippen molar-refractivity contribution in [2.24, 2.45) is 0 Å². The lowest BCUT2D eigenvalue weighted by Crippen LogP contribution is -2.24. The summed E-state index contributed by atoms with van der Waals surface area (Å²) in [7, 11) is 1.61. The lowest BCUT2D eigenvalue weighted by molar-refractivity contribution is 0.0880. The van der Waals surface area contributed by atoms with Gasteiger partial charge >= 0.3 is 0 Å². The number of nitrogen functional groups attached to an aromatic ring is 1. The largest absolute Gasteiger partial charge is 0.497 e. The fourth-order valence-corrected chi connectivity index (χ4v) is 4.47. The molecule has 0 saturated heterocycles. The van der Waals surface area contributed by atoms with Gasteiger partial charge in [0.15, 0.2) is 0 Å². The van der Waals surface area contributed by atoms with Crippen molar-refractivity contribution in [1.82, 2.24) is 14.9 Å². The molecule has 1 aliphatic heterocycles. The van der Waals surface area contributed by atoms with Gasteiger partial charge < -0.3 is 10.5 Å². The predicted octanol–water partition coefficient (Wildman–Crippen LogP) is 3.10. The summed E-state index contributed by atoms with van der Waals surface area (Å²) in [6.07, 6.45) is 0. The molecule has 2 amide bonds. The molecule has 5 rings (SSSR count). The number of benzene rings is 2. The number of carbonyl (C=O) groups is 2. The molecule has 0 radical (unpaired) electrons. The Balaban J connectivity index is 1.57. The van der Waals surface area contributed by atoms with Crippen molar-refractivity contribution in [3.63, 3.8) is 0 Å². The molecule has 0 aliphatic carbocycles. The molecule has 8 nitrogen and oxygen atoms in total. The van der Waals surface area contributed by atoms with E-state index in [9.17, 15) is 14.4 Å². The number of hydrogen-bond acceptors (Lipinski definition) is 7. The number of nitrogens with zero attached hydrogens (tertiary/aromatic N) is 2. The maximum Gasteiger partial charge on any atom is 0.262 e. The normalized spacial score (nSPS) is 12.5. The van der Waals surface area contributed by atoms with E-state index >= 15 is 0 Å². The van der Waals surface area contributed by atoms with Crippen LogP contribution >= 0.6 is 11.3 Å². The van der Waals surface area contributed by atoms with Crippen LogP contribution in [0.2, 0.25) is 0 Å². The molecule has 0 bridgehead atoms. The monoisotopic (exact) mass is 444 g/mol. The van der Waals surface area contributed by atoms with E-state index in [-0.39, 0.29) is 16.9 Å². The zero-order valence-corrected chi connectivity index (χ0v) is 17.6. The van der Waals surface area contributed by atoms with Crippen LogP contribution in [-0.4, -0.2) is 28.5 Å². The van der Waals surface area contributed by atoms with Gasteiger partial charge in [-0.05, 0) is 24.3 Å². The Morgan fingerprint density at radius 3 is 2.59 bits per heavy atom. The van der Waals surface area contributed by atoms with Crippen LogP contribution in [0.1, 0.15) is 20.7 Å². The quantitative estimate of drug-likeness (QED) is 0.467. The first-order valence-electron chi connectivity index (χ1n) is 9.58. The van der Waals surface area contributed by atoms with Crippen LogP contribution in [-0.2, 0) is 0 Å². The van der Waals surface area contributed by atoms with E-state index in [2.05, 4.69) is 5.32 Å². The highest BCUT2D eigenvalue weighted by atomic mass is 32.1. The van der Waals surface area contributed by atoms with Gasteiger partial charge in [-0.2, -0.15) is 0 Å². The van der Waals surface area contributed by atoms with Gasteiger partial charge in [0.2, 0.25) is 0 Å². The van der Waals surface area contributed by atoms with E-state index in [4.69, 9.17) is 15.5 Å². The molecule has 3 N–H and O–H groups in total. The van der Waals surface area contributed by atoms with Gasteiger partial charge in [0.05, 0.1) is 29.6 Å². The molecule has 2 aromatic heterocycles. The van der Waals surface area contributed by atoms with Crippen LogP contribution in [0, 0.1) is 0 Å². The standard InChI is InChI=1S/C23H16N4O4S/c1-31-15-7-3-4-12(9-15)17-11-32-23(25-17)13-5-2-6-14(8-13)27-18(28)10-16-19(20(27)24)22(30)26-21(16)29/h2-11H,24H2,1H3,(H,26,29,30). The minimum atomic E-state index is -0.623. The molecular weight excluding hydrogens is 428 g/mol. The summed E-state index contributed by atoms with van der Waals surface area (Å²) in [5.41, 5.74) is 8.63. The summed E-state index contributed by atoms with van der Waals surface area (Å²) in [5.74, 6) is -0.574. The Labute approximate surface area is 185 Å². The van der Waals surface area contributed by atoms with Gasteiger partial charge in [-0.15, -0.1) is 11.3 Å². The van der Waals surface area contributed by atoms with Gasteiger partial charge in [-0.25, -0.2) is 4.98 Å². The molecule has 1 aliphatic rings. The molecule has 2 aromatic carbocycles. The third-order valence-corrected chi connectivity index (χ3v) is 6.07. The maximum absolute atomic E-state index is 12.7. The summed E-state index contributed by atoms with van der Waals surface area (Å²) in [5, 5.41) is 4.87. The summed E-state index contributed by atoms with van der Waals surface area (Å²) >= 11 is 1.46. The summed E-state index contributed by atoms with van der Waals surface area (Å²) < 4.78 is 6.50. The van der Waals surface area contributed by atoms with Crippen molar-refractivity contribution < 1.29 is 14.3 Å². The van der Waals surface area contributed by atoms with Crippen molar-refractivity contribution in [2.45, 2.75) is 0 Å². The molecule has 0 spiro atoms. The zero-order chi connectivity index (χ0) is 22.4. The number of nitrogens with one attached hydrogen (secondary N) is 1. The van der Waals surface area contributed by atoms with Gasteiger partial charge in [0, 0.05) is 22.6 Å². The molecule has 0 fully saturated rings. The van der Waals surface area contributed by atoms with Crippen molar-refractivity contribution in [1.29, 1.82) is 0 Å². The molecule has 9 heteroatoms. The zero-order valence-electron chi connectivity index (χ0n) is 16.8. The van der Waals surface area contributed by atoms with Crippen molar-refractivity contribution in [3.8, 4) is 33.3 Å². The number of thiazole rings is 1. The lowest BCUT2D eigenvalue weighted by atomic mass is 10.1. The number of ether oxygens (including phenoxy) is 1. The SMILES string of the molecule is COc1cccc(-c2csc(-c3cccc(-n4c(N)c5c(cc4=O)C(=O)NC5=O)c3)n2)c1. The Hall–Kier alpha value is -4.24. The average molecular weight is 444 g/mol. The Morgan fingerprint density at radius 1 is 1.00 bits per heavy atom.